The van der Waals surface area contributed by atoms with Gasteiger partial charge in [-0.25, -0.2) is 9.37 Å². The lowest BCUT2D eigenvalue weighted by Gasteiger charge is -2.25. The van der Waals surface area contributed by atoms with Gasteiger partial charge >= 0.3 is 0 Å². The average Bonchev–Trinajstić information content (AvgIpc) is 3.42. The van der Waals surface area contributed by atoms with Gasteiger partial charge in [-0.1, -0.05) is 12.1 Å². The van der Waals surface area contributed by atoms with Crippen molar-refractivity contribution in [3.8, 4) is 5.75 Å². The summed E-state index contributed by atoms with van der Waals surface area (Å²) < 4.78 is 21.1. The molecule has 1 amide bonds. The van der Waals surface area contributed by atoms with Gasteiger partial charge in [0.15, 0.2) is 0 Å². The lowest BCUT2D eigenvalue weighted by Crippen LogP contribution is -2.31. The van der Waals surface area contributed by atoms with Crippen LogP contribution in [0.2, 0.25) is 0 Å². The standard InChI is InChI=1S/C26H26FN3O4/c1-17(2)34-21-10-6-19(7-11-21)24(31)22-23(18-4-8-20(27)9-5-18)30(26(33)25(22)32)14-3-13-29-15-12-28-16-29/h4-12,15-17,23,31H,3,13-14H2,1-2H3/t23-/m1/s1. The van der Waals surface area contributed by atoms with E-state index in [2.05, 4.69) is 4.98 Å². The summed E-state index contributed by atoms with van der Waals surface area (Å²) in [4.78, 5) is 31.5. The van der Waals surface area contributed by atoms with E-state index in [0.717, 1.165) is 0 Å². The van der Waals surface area contributed by atoms with Crippen LogP contribution in [0.1, 0.15) is 37.4 Å². The first-order chi connectivity index (χ1) is 16.3. The predicted molar refractivity (Wildman–Crippen MR) is 124 cm³/mol. The minimum absolute atomic E-state index is 0.00873. The molecule has 2 heterocycles. The Hall–Kier alpha value is -3.94. The zero-order chi connectivity index (χ0) is 24.2. The van der Waals surface area contributed by atoms with Crippen molar-refractivity contribution < 1.29 is 23.8 Å². The molecular weight excluding hydrogens is 437 g/mol. The highest BCUT2D eigenvalue weighted by Crippen LogP contribution is 2.39. The van der Waals surface area contributed by atoms with Crippen LogP contribution in [-0.4, -0.2) is 43.9 Å². The number of aliphatic hydroxyl groups is 1. The van der Waals surface area contributed by atoms with Crippen LogP contribution in [0.25, 0.3) is 5.76 Å². The summed E-state index contributed by atoms with van der Waals surface area (Å²) in [6.07, 6.45) is 5.73. The summed E-state index contributed by atoms with van der Waals surface area (Å²) in [5, 5.41) is 11.1. The molecule has 1 saturated heterocycles. The topological polar surface area (TPSA) is 84.7 Å². The second-order valence-electron chi connectivity index (χ2n) is 8.39. The molecule has 1 atom stereocenters. The molecule has 0 unspecified atom stereocenters. The van der Waals surface area contributed by atoms with Gasteiger partial charge in [0.05, 0.1) is 24.0 Å². The Bertz CT molecular complexity index is 1190. The number of carbonyl (C=O) groups excluding carboxylic acids is 2. The predicted octanol–water partition coefficient (Wildman–Crippen LogP) is 4.32. The Kier molecular flexibility index (Phi) is 6.77. The Labute approximate surface area is 197 Å². The van der Waals surface area contributed by atoms with E-state index in [1.54, 1.807) is 36.8 Å². The molecule has 2 aromatic carbocycles. The molecule has 34 heavy (non-hydrogen) atoms. The summed E-state index contributed by atoms with van der Waals surface area (Å²) >= 11 is 0. The minimum Gasteiger partial charge on any atom is -0.507 e. The van der Waals surface area contributed by atoms with Gasteiger partial charge in [-0.2, -0.15) is 0 Å². The van der Waals surface area contributed by atoms with Gasteiger partial charge in [-0.3, -0.25) is 9.59 Å². The van der Waals surface area contributed by atoms with E-state index in [1.165, 1.54) is 29.2 Å². The molecule has 8 heteroatoms. The summed E-state index contributed by atoms with van der Waals surface area (Å²) in [5.74, 6) is -1.54. The zero-order valence-electron chi connectivity index (χ0n) is 19.0. The fraction of sp³-hybridized carbons (Fsp3) is 0.269. The molecule has 0 bridgehead atoms. The summed E-state index contributed by atoms with van der Waals surface area (Å²) in [7, 11) is 0. The highest BCUT2D eigenvalue weighted by Gasteiger charge is 2.45. The van der Waals surface area contributed by atoms with Crippen LogP contribution in [0.15, 0.2) is 72.8 Å². The second kappa shape index (κ2) is 9.91. The highest BCUT2D eigenvalue weighted by molar-refractivity contribution is 6.46. The SMILES string of the molecule is CC(C)Oc1ccc(C(O)=C2C(=O)C(=O)N(CCCn3ccnc3)[C@@H]2c2ccc(F)cc2)cc1. The highest BCUT2D eigenvalue weighted by atomic mass is 19.1. The third kappa shape index (κ3) is 4.85. The number of carbonyl (C=O) groups is 2. The van der Waals surface area contributed by atoms with Crippen LogP contribution in [-0.2, 0) is 16.1 Å². The van der Waals surface area contributed by atoms with Gasteiger partial charge in [0, 0.05) is 31.0 Å². The summed E-state index contributed by atoms with van der Waals surface area (Å²) in [6.45, 7) is 4.70. The molecule has 1 aromatic heterocycles. The Morgan fingerprint density at radius 1 is 1.09 bits per heavy atom. The fourth-order valence-corrected chi connectivity index (χ4v) is 4.06. The number of halogens is 1. The molecule has 1 fully saturated rings. The van der Waals surface area contributed by atoms with Crippen LogP contribution in [0.3, 0.4) is 0 Å². The van der Waals surface area contributed by atoms with E-state index in [4.69, 9.17) is 4.74 Å². The molecule has 1 aliphatic rings. The van der Waals surface area contributed by atoms with Crippen molar-refractivity contribution >= 4 is 17.4 Å². The molecule has 1 N–H and O–H groups in total. The second-order valence-corrected chi connectivity index (χ2v) is 8.39. The molecule has 0 radical (unpaired) electrons. The number of rotatable bonds is 8. The van der Waals surface area contributed by atoms with Crippen molar-refractivity contribution in [1.29, 1.82) is 0 Å². The molecule has 4 rings (SSSR count). The Morgan fingerprint density at radius 2 is 1.79 bits per heavy atom. The maximum Gasteiger partial charge on any atom is 0.295 e. The number of aliphatic hydroxyl groups excluding tert-OH is 1. The van der Waals surface area contributed by atoms with Crippen molar-refractivity contribution in [1.82, 2.24) is 14.5 Å². The maximum absolute atomic E-state index is 13.6. The summed E-state index contributed by atoms with van der Waals surface area (Å²) in [5.41, 5.74) is 0.918. The number of Topliss-reactive ketones (excluding diaryl/α,β-unsaturated/α-hetero) is 1. The van der Waals surface area contributed by atoms with E-state index in [0.29, 0.717) is 29.8 Å². The molecule has 0 aliphatic carbocycles. The first kappa shape index (κ1) is 23.2. The number of ether oxygens (including phenoxy) is 1. The van der Waals surface area contributed by atoms with Crippen LogP contribution in [0.5, 0.6) is 5.75 Å². The number of ketones is 1. The van der Waals surface area contributed by atoms with Crippen molar-refractivity contribution in [2.45, 2.75) is 39.0 Å². The first-order valence-corrected chi connectivity index (χ1v) is 11.1. The number of imidazole rings is 1. The van der Waals surface area contributed by atoms with Crippen LogP contribution in [0.4, 0.5) is 4.39 Å². The molecule has 1 aliphatic heterocycles. The maximum atomic E-state index is 13.6. The fourth-order valence-electron chi connectivity index (χ4n) is 4.06. The van der Waals surface area contributed by atoms with E-state index >= 15 is 0 Å². The van der Waals surface area contributed by atoms with Crippen LogP contribution >= 0.6 is 0 Å². The number of hydrogen-bond acceptors (Lipinski definition) is 5. The third-order valence-corrected chi connectivity index (χ3v) is 5.60. The van der Waals surface area contributed by atoms with Crippen molar-refractivity contribution in [2.24, 2.45) is 0 Å². The van der Waals surface area contributed by atoms with Crippen LogP contribution in [0, 0.1) is 5.82 Å². The largest absolute Gasteiger partial charge is 0.507 e. The molecule has 3 aromatic rings. The number of amides is 1. The number of likely N-dealkylation sites (tertiary alicyclic amines) is 1. The number of benzene rings is 2. The van der Waals surface area contributed by atoms with E-state index < -0.39 is 23.5 Å². The zero-order valence-corrected chi connectivity index (χ0v) is 19.0. The lowest BCUT2D eigenvalue weighted by atomic mass is 9.95. The first-order valence-electron chi connectivity index (χ1n) is 11.1. The number of nitrogens with zero attached hydrogens (tertiary/aromatic N) is 3. The quantitative estimate of drug-likeness (QED) is 0.306. The van der Waals surface area contributed by atoms with Gasteiger partial charge in [-0.15, -0.1) is 0 Å². The lowest BCUT2D eigenvalue weighted by molar-refractivity contribution is -0.139. The van der Waals surface area contributed by atoms with E-state index in [9.17, 15) is 19.1 Å². The Morgan fingerprint density at radius 3 is 2.41 bits per heavy atom. The summed E-state index contributed by atoms with van der Waals surface area (Å²) in [6, 6.07) is 11.5. The smallest absolute Gasteiger partial charge is 0.295 e. The van der Waals surface area contributed by atoms with Gasteiger partial charge in [0.2, 0.25) is 0 Å². The van der Waals surface area contributed by atoms with Gasteiger partial charge in [-0.05, 0) is 62.2 Å². The number of aryl methyl sites for hydroxylation is 1. The molecule has 7 nitrogen and oxygen atoms in total. The average molecular weight is 464 g/mol. The van der Waals surface area contributed by atoms with Gasteiger partial charge < -0.3 is 19.3 Å². The van der Waals surface area contributed by atoms with Crippen molar-refractivity contribution in [3.05, 3.63) is 89.8 Å². The molecular formula is C26H26FN3O4. The van der Waals surface area contributed by atoms with Gasteiger partial charge in [0.1, 0.15) is 17.3 Å². The van der Waals surface area contributed by atoms with Crippen molar-refractivity contribution in [2.75, 3.05) is 6.54 Å². The molecule has 0 saturated carbocycles. The van der Waals surface area contributed by atoms with E-state index in [-0.39, 0.29) is 24.0 Å². The molecule has 176 valence electrons. The Balaban J connectivity index is 1.69. The molecule has 0 spiro atoms. The number of hydrogen-bond donors (Lipinski definition) is 1. The van der Waals surface area contributed by atoms with Crippen LogP contribution < -0.4 is 4.74 Å². The minimum atomic E-state index is -0.824. The monoisotopic (exact) mass is 463 g/mol. The third-order valence-electron chi connectivity index (χ3n) is 5.60. The van der Waals surface area contributed by atoms with Crippen molar-refractivity contribution in [3.63, 3.8) is 0 Å². The van der Waals surface area contributed by atoms with E-state index in [1.807, 2.05) is 24.6 Å². The normalized spacial score (nSPS) is 17.5. The van der Waals surface area contributed by atoms with Gasteiger partial charge in [0.25, 0.3) is 11.7 Å². The number of aromatic nitrogens is 2.